The van der Waals surface area contributed by atoms with Crippen molar-refractivity contribution in [1.82, 2.24) is 15.6 Å². The van der Waals surface area contributed by atoms with Crippen molar-refractivity contribution in [3.8, 4) is 5.75 Å². The van der Waals surface area contributed by atoms with Gasteiger partial charge in [-0.3, -0.25) is 0 Å². The van der Waals surface area contributed by atoms with Gasteiger partial charge >= 0.3 is 0 Å². The van der Waals surface area contributed by atoms with E-state index in [1.165, 1.54) is 5.56 Å². The molecule has 1 heterocycles. The van der Waals surface area contributed by atoms with E-state index in [0.717, 1.165) is 23.7 Å². The maximum Gasteiger partial charge on any atom is 0.121 e. The van der Waals surface area contributed by atoms with E-state index in [4.69, 9.17) is 4.74 Å². The van der Waals surface area contributed by atoms with Gasteiger partial charge in [-0.25, -0.2) is 4.63 Å². The number of aromatic nitrogens is 2. The fourth-order valence-electron chi connectivity index (χ4n) is 1.48. The lowest BCUT2D eigenvalue weighted by Crippen LogP contribution is -2.13. The minimum Gasteiger partial charge on any atom is -0.497 e. The highest BCUT2D eigenvalue weighted by atomic mass is 16.6. The van der Waals surface area contributed by atoms with Crippen LogP contribution in [-0.2, 0) is 13.1 Å². The molecule has 1 aromatic heterocycles. The van der Waals surface area contributed by atoms with Crippen molar-refractivity contribution in [3.63, 3.8) is 0 Å². The number of nitrogens with zero attached hydrogens (tertiary/aromatic N) is 2. The Morgan fingerprint density at radius 2 is 1.94 bits per heavy atom. The highest BCUT2D eigenvalue weighted by molar-refractivity contribution is 5.27. The Balaban J connectivity index is 1.83. The number of hydrogen-bond donors (Lipinski definition) is 1. The van der Waals surface area contributed by atoms with Crippen LogP contribution in [0.1, 0.15) is 17.0 Å². The van der Waals surface area contributed by atoms with Crippen LogP contribution in [0.3, 0.4) is 0 Å². The first kappa shape index (κ1) is 11.6. The number of aryl methyl sites for hydroxylation is 1. The van der Waals surface area contributed by atoms with Crippen molar-refractivity contribution < 1.29 is 9.37 Å². The van der Waals surface area contributed by atoms with Crippen LogP contribution in [0, 0.1) is 6.92 Å². The zero-order valence-electron chi connectivity index (χ0n) is 9.93. The topological polar surface area (TPSA) is 60.2 Å². The van der Waals surface area contributed by atoms with Crippen LogP contribution in [0.25, 0.3) is 0 Å². The summed E-state index contributed by atoms with van der Waals surface area (Å²) in [5, 5.41) is 10.8. The molecule has 90 valence electrons. The lowest BCUT2D eigenvalue weighted by molar-refractivity contribution is 0.300. The van der Waals surface area contributed by atoms with E-state index < -0.39 is 0 Å². The summed E-state index contributed by atoms with van der Waals surface area (Å²) in [7, 11) is 1.66. The lowest BCUT2D eigenvalue weighted by atomic mass is 10.2. The van der Waals surface area contributed by atoms with Gasteiger partial charge < -0.3 is 10.1 Å². The normalized spacial score (nSPS) is 10.5. The predicted octanol–water partition coefficient (Wildman–Crippen LogP) is 1.68. The van der Waals surface area contributed by atoms with Crippen LogP contribution in [0.5, 0.6) is 5.75 Å². The third kappa shape index (κ3) is 3.04. The monoisotopic (exact) mass is 233 g/mol. The molecule has 1 aromatic carbocycles. The van der Waals surface area contributed by atoms with E-state index in [9.17, 15) is 0 Å². The molecule has 0 saturated carbocycles. The molecular weight excluding hydrogens is 218 g/mol. The summed E-state index contributed by atoms with van der Waals surface area (Å²) in [6, 6.07) is 7.94. The highest BCUT2D eigenvalue weighted by Gasteiger charge is 2.03. The molecule has 0 unspecified atom stereocenters. The van der Waals surface area contributed by atoms with Gasteiger partial charge in [0.2, 0.25) is 0 Å². The number of methoxy groups -OCH3 is 1. The highest BCUT2D eigenvalue weighted by Crippen LogP contribution is 2.11. The van der Waals surface area contributed by atoms with Crippen LogP contribution in [0.15, 0.2) is 28.9 Å². The van der Waals surface area contributed by atoms with Crippen molar-refractivity contribution >= 4 is 0 Å². The Hall–Kier alpha value is -1.88. The molecule has 0 bridgehead atoms. The molecule has 0 amide bonds. The Kier molecular flexibility index (Phi) is 3.72. The minimum absolute atomic E-state index is 0.654. The van der Waals surface area contributed by atoms with E-state index >= 15 is 0 Å². The zero-order valence-corrected chi connectivity index (χ0v) is 9.93. The molecule has 0 aliphatic rings. The molecule has 0 aliphatic heterocycles. The van der Waals surface area contributed by atoms with E-state index in [2.05, 4.69) is 20.3 Å². The number of ether oxygens (including phenoxy) is 1. The van der Waals surface area contributed by atoms with Gasteiger partial charge in [-0.2, -0.15) is 0 Å². The second-order valence-corrected chi connectivity index (χ2v) is 3.75. The Morgan fingerprint density at radius 3 is 2.53 bits per heavy atom. The van der Waals surface area contributed by atoms with Gasteiger partial charge in [0.25, 0.3) is 0 Å². The first-order valence-electron chi connectivity index (χ1n) is 5.41. The SMILES string of the molecule is COc1ccc(CNCc2nonc2C)cc1. The van der Waals surface area contributed by atoms with Crippen LogP contribution in [0.4, 0.5) is 0 Å². The lowest BCUT2D eigenvalue weighted by Gasteiger charge is -2.04. The van der Waals surface area contributed by atoms with Crippen LogP contribution >= 0.6 is 0 Å². The third-order valence-corrected chi connectivity index (χ3v) is 2.53. The molecule has 0 radical (unpaired) electrons. The predicted molar refractivity (Wildman–Crippen MR) is 62.6 cm³/mol. The average Bonchev–Trinajstić information content (AvgIpc) is 2.76. The fraction of sp³-hybridized carbons (Fsp3) is 0.333. The molecule has 2 rings (SSSR count). The summed E-state index contributed by atoms with van der Waals surface area (Å²) in [6.45, 7) is 3.30. The van der Waals surface area contributed by atoms with Crippen LogP contribution in [0.2, 0.25) is 0 Å². The molecule has 2 aromatic rings. The van der Waals surface area contributed by atoms with Gasteiger partial charge in [-0.05, 0) is 24.6 Å². The Bertz CT molecular complexity index is 465. The summed E-state index contributed by atoms with van der Waals surface area (Å²) in [6.07, 6.45) is 0. The van der Waals surface area contributed by atoms with Crippen molar-refractivity contribution in [1.29, 1.82) is 0 Å². The molecule has 0 aliphatic carbocycles. The van der Waals surface area contributed by atoms with Crippen molar-refractivity contribution in [2.45, 2.75) is 20.0 Å². The number of nitrogens with one attached hydrogen (secondary N) is 1. The minimum atomic E-state index is 0.654. The standard InChI is InChI=1S/C12H15N3O2/c1-9-12(15-17-14-9)8-13-7-10-3-5-11(16-2)6-4-10/h3-6,13H,7-8H2,1-2H3. The summed E-state index contributed by atoms with van der Waals surface area (Å²) in [5.74, 6) is 0.866. The van der Waals surface area contributed by atoms with E-state index in [-0.39, 0.29) is 0 Å². The Morgan fingerprint density at radius 1 is 1.18 bits per heavy atom. The van der Waals surface area contributed by atoms with E-state index in [1.54, 1.807) is 7.11 Å². The first-order chi connectivity index (χ1) is 8.29. The summed E-state index contributed by atoms with van der Waals surface area (Å²) in [5.41, 5.74) is 2.87. The molecular formula is C12H15N3O2. The van der Waals surface area contributed by atoms with Gasteiger partial charge in [0.1, 0.15) is 17.1 Å². The van der Waals surface area contributed by atoms with Gasteiger partial charge in [-0.15, -0.1) is 0 Å². The molecule has 0 spiro atoms. The quantitative estimate of drug-likeness (QED) is 0.851. The van der Waals surface area contributed by atoms with E-state index in [0.29, 0.717) is 6.54 Å². The number of hydrogen-bond acceptors (Lipinski definition) is 5. The van der Waals surface area contributed by atoms with Gasteiger partial charge in [0.15, 0.2) is 0 Å². The van der Waals surface area contributed by atoms with Crippen molar-refractivity contribution in [2.24, 2.45) is 0 Å². The number of rotatable bonds is 5. The van der Waals surface area contributed by atoms with Crippen LogP contribution < -0.4 is 10.1 Å². The van der Waals surface area contributed by atoms with E-state index in [1.807, 2.05) is 31.2 Å². The van der Waals surface area contributed by atoms with Gasteiger partial charge in [0, 0.05) is 13.1 Å². The summed E-state index contributed by atoms with van der Waals surface area (Å²) in [4.78, 5) is 0. The molecule has 1 N–H and O–H groups in total. The molecule has 5 heteroatoms. The average molecular weight is 233 g/mol. The largest absolute Gasteiger partial charge is 0.497 e. The van der Waals surface area contributed by atoms with Crippen LogP contribution in [-0.4, -0.2) is 17.4 Å². The van der Waals surface area contributed by atoms with Gasteiger partial charge in [-0.1, -0.05) is 22.4 Å². The summed E-state index contributed by atoms with van der Waals surface area (Å²) < 4.78 is 9.72. The molecule has 0 saturated heterocycles. The molecule has 17 heavy (non-hydrogen) atoms. The van der Waals surface area contributed by atoms with Gasteiger partial charge in [0.05, 0.1) is 7.11 Å². The smallest absolute Gasteiger partial charge is 0.121 e. The third-order valence-electron chi connectivity index (χ3n) is 2.53. The van der Waals surface area contributed by atoms with Crippen molar-refractivity contribution in [2.75, 3.05) is 7.11 Å². The second kappa shape index (κ2) is 5.45. The molecule has 0 atom stereocenters. The molecule has 5 nitrogen and oxygen atoms in total. The van der Waals surface area contributed by atoms with Crippen molar-refractivity contribution in [3.05, 3.63) is 41.2 Å². The maximum absolute atomic E-state index is 5.10. The summed E-state index contributed by atoms with van der Waals surface area (Å²) >= 11 is 0. The Labute approximate surface area is 99.7 Å². The molecule has 0 fully saturated rings. The number of benzene rings is 1. The maximum atomic E-state index is 5.10. The second-order valence-electron chi connectivity index (χ2n) is 3.75. The zero-order chi connectivity index (χ0) is 12.1. The first-order valence-corrected chi connectivity index (χ1v) is 5.41. The fourth-order valence-corrected chi connectivity index (χ4v) is 1.48.